The zero-order valence-electron chi connectivity index (χ0n) is 13.5. The minimum absolute atomic E-state index is 0.156. The van der Waals surface area contributed by atoms with Gasteiger partial charge >= 0.3 is 0 Å². The van der Waals surface area contributed by atoms with Crippen molar-refractivity contribution in [2.45, 2.75) is 38.3 Å². The van der Waals surface area contributed by atoms with Crippen LogP contribution in [-0.2, 0) is 16.6 Å². The van der Waals surface area contributed by atoms with E-state index in [2.05, 4.69) is 5.10 Å². The van der Waals surface area contributed by atoms with Gasteiger partial charge in [0, 0.05) is 19.8 Å². The largest absolute Gasteiger partial charge is 0.272 e. The van der Waals surface area contributed by atoms with Crippen LogP contribution in [0, 0.1) is 5.92 Å². The van der Waals surface area contributed by atoms with Crippen LogP contribution < -0.4 is 0 Å². The maximum absolute atomic E-state index is 12.9. The molecule has 0 amide bonds. The van der Waals surface area contributed by atoms with Gasteiger partial charge in [0.15, 0.2) is 0 Å². The van der Waals surface area contributed by atoms with Crippen molar-refractivity contribution in [2.24, 2.45) is 5.92 Å². The number of rotatable bonds is 6. The van der Waals surface area contributed by atoms with Gasteiger partial charge in [0.1, 0.15) is 4.90 Å². The van der Waals surface area contributed by atoms with E-state index in [9.17, 15) is 8.42 Å². The molecule has 0 bridgehead atoms. The van der Waals surface area contributed by atoms with Crippen molar-refractivity contribution in [1.29, 1.82) is 0 Å². The highest BCUT2D eigenvalue weighted by molar-refractivity contribution is 7.89. The molecule has 1 unspecified atom stereocenters. The van der Waals surface area contributed by atoms with E-state index >= 15 is 0 Å². The summed E-state index contributed by atoms with van der Waals surface area (Å²) < 4.78 is 28.8. The Morgan fingerprint density at radius 1 is 1.23 bits per heavy atom. The molecule has 1 aromatic carbocycles. The van der Waals surface area contributed by atoms with Gasteiger partial charge < -0.3 is 0 Å². The summed E-state index contributed by atoms with van der Waals surface area (Å²) in [4.78, 5) is 0.235. The number of benzene rings is 1. The normalized spacial score (nSPS) is 13.7. The Labute approximate surface area is 132 Å². The molecule has 0 aliphatic carbocycles. The average molecular weight is 321 g/mol. The Morgan fingerprint density at radius 2 is 1.86 bits per heavy atom. The lowest BCUT2D eigenvalue weighted by molar-refractivity contribution is 0.300. The van der Waals surface area contributed by atoms with E-state index < -0.39 is 10.0 Å². The van der Waals surface area contributed by atoms with Gasteiger partial charge in [-0.05, 0) is 18.4 Å². The lowest BCUT2D eigenvalue weighted by Gasteiger charge is -2.30. The van der Waals surface area contributed by atoms with Gasteiger partial charge in [0.25, 0.3) is 0 Å². The van der Waals surface area contributed by atoms with E-state index in [4.69, 9.17) is 0 Å². The SMILES string of the molecule is CCn1cc(S(=O)(=O)N(C)C(c2ccccc2)C(C)C)cn1. The quantitative estimate of drug-likeness (QED) is 0.822. The second-order valence-corrected chi connectivity index (χ2v) is 7.65. The Hall–Kier alpha value is -1.66. The van der Waals surface area contributed by atoms with Gasteiger partial charge in [-0.15, -0.1) is 0 Å². The van der Waals surface area contributed by atoms with Crippen LogP contribution in [-0.4, -0.2) is 29.6 Å². The van der Waals surface area contributed by atoms with Crippen LogP contribution in [0.25, 0.3) is 0 Å². The highest BCUT2D eigenvalue weighted by Gasteiger charge is 2.31. The number of aryl methyl sites for hydroxylation is 1. The third-order valence-corrected chi connectivity index (χ3v) is 5.57. The summed E-state index contributed by atoms with van der Waals surface area (Å²) in [6.07, 6.45) is 2.99. The van der Waals surface area contributed by atoms with Crippen LogP contribution in [0.1, 0.15) is 32.4 Å². The molecule has 2 rings (SSSR count). The summed E-state index contributed by atoms with van der Waals surface area (Å²) in [5.41, 5.74) is 0.992. The third-order valence-electron chi connectivity index (χ3n) is 3.77. The molecular weight excluding hydrogens is 298 g/mol. The Morgan fingerprint density at radius 3 is 2.36 bits per heavy atom. The smallest absolute Gasteiger partial charge is 0.246 e. The molecule has 6 heteroatoms. The van der Waals surface area contributed by atoms with Crippen LogP contribution in [0.3, 0.4) is 0 Å². The molecular formula is C16H23N3O2S. The standard InChI is InChI=1S/C16H23N3O2S/c1-5-19-12-15(11-17-19)22(20,21)18(4)16(13(2)3)14-9-7-6-8-10-14/h6-13,16H,5H2,1-4H3. The molecule has 120 valence electrons. The highest BCUT2D eigenvalue weighted by atomic mass is 32.2. The first-order valence-corrected chi connectivity index (χ1v) is 8.87. The van der Waals surface area contributed by atoms with Gasteiger partial charge in [-0.3, -0.25) is 4.68 Å². The van der Waals surface area contributed by atoms with Crippen LogP contribution >= 0.6 is 0 Å². The fourth-order valence-electron chi connectivity index (χ4n) is 2.63. The molecule has 0 saturated carbocycles. The Bertz CT molecular complexity index is 708. The molecule has 0 N–H and O–H groups in total. The lowest BCUT2D eigenvalue weighted by atomic mass is 9.96. The number of aromatic nitrogens is 2. The molecule has 0 fully saturated rings. The minimum atomic E-state index is -3.57. The van der Waals surface area contributed by atoms with Gasteiger partial charge in [-0.2, -0.15) is 9.40 Å². The Kier molecular flexibility index (Phi) is 5.03. The maximum atomic E-state index is 12.9. The summed E-state index contributed by atoms with van der Waals surface area (Å²) >= 11 is 0. The van der Waals surface area contributed by atoms with E-state index in [-0.39, 0.29) is 16.9 Å². The zero-order chi connectivity index (χ0) is 16.3. The predicted octanol–water partition coefficient (Wildman–Crippen LogP) is 2.92. The second kappa shape index (κ2) is 6.62. The zero-order valence-corrected chi connectivity index (χ0v) is 14.3. The molecule has 2 aromatic rings. The fraction of sp³-hybridized carbons (Fsp3) is 0.438. The second-order valence-electron chi connectivity index (χ2n) is 5.65. The molecule has 0 aliphatic rings. The maximum Gasteiger partial charge on any atom is 0.246 e. The van der Waals surface area contributed by atoms with Crippen molar-refractivity contribution in [1.82, 2.24) is 14.1 Å². The van der Waals surface area contributed by atoms with Crippen molar-refractivity contribution in [3.8, 4) is 0 Å². The number of nitrogens with zero attached hydrogens (tertiary/aromatic N) is 3. The van der Waals surface area contributed by atoms with E-state index in [1.54, 1.807) is 17.9 Å². The molecule has 0 aliphatic heterocycles. The van der Waals surface area contributed by atoms with Crippen LogP contribution in [0.4, 0.5) is 0 Å². The molecule has 1 aromatic heterocycles. The lowest BCUT2D eigenvalue weighted by Crippen LogP contribution is -2.34. The molecule has 5 nitrogen and oxygen atoms in total. The molecule has 1 heterocycles. The first-order chi connectivity index (χ1) is 10.4. The minimum Gasteiger partial charge on any atom is -0.272 e. The predicted molar refractivity (Wildman–Crippen MR) is 86.9 cm³/mol. The first-order valence-electron chi connectivity index (χ1n) is 7.43. The van der Waals surface area contributed by atoms with Crippen LogP contribution in [0.5, 0.6) is 0 Å². The van der Waals surface area contributed by atoms with Gasteiger partial charge in [-0.1, -0.05) is 44.2 Å². The van der Waals surface area contributed by atoms with Gasteiger partial charge in [0.05, 0.1) is 12.2 Å². The van der Waals surface area contributed by atoms with Crippen molar-refractivity contribution >= 4 is 10.0 Å². The number of hydrogen-bond acceptors (Lipinski definition) is 3. The average Bonchev–Trinajstić information content (AvgIpc) is 2.97. The summed E-state index contributed by atoms with van der Waals surface area (Å²) in [7, 11) is -1.94. The van der Waals surface area contributed by atoms with Crippen molar-refractivity contribution in [3.63, 3.8) is 0 Å². The van der Waals surface area contributed by atoms with E-state index in [1.807, 2.05) is 51.1 Å². The van der Waals surface area contributed by atoms with E-state index in [1.165, 1.54) is 10.5 Å². The van der Waals surface area contributed by atoms with Gasteiger partial charge in [-0.25, -0.2) is 8.42 Å². The molecule has 22 heavy (non-hydrogen) atoms. The monoisotopic (exact) mass is 321 g/mol. The van der Waals surface area contributed by atoms with Crippen LogP contribution in [0.2, 0.25) is 0 Å². The summed E-state index contributed by atoms with van der Waals surface area (Å²) in [6, 6.07) is 9.51. The molecule has 0 radical (unpaired) electrons. The Balaban J connectivity index is 2.40. The number of hydrogen-bond donors (Lipinski definition) is 0. The highest BCUT2D eigenvalue weighted by Crippen LogP contribution is 2.31. The van der Waals surface area contributed by atoms with E-state index in [0.717, 1.165) is 5.56 Å². The van der Waals surface area contributed by atoms with Crippen molar-refractivity contribution < 1.29 is 8.42 Å². The molecule has 0 spiro atoms. The topological polar surface area (TPSA) is 55.2 Å². The first kappa shape index (κ1) is 16.7. The van der Waals surface area contributed by atoms with Crippen molar-refractivity contribution in [3.05, 3.63) is 48.3 Å². The fourth-order valence-corrected chi connectivity index (χ4v) is 4.06. The summed E-state index contributed by atoms with van der Waals surface area (Å²) in [5, 5.41) is 4.07. The molecule has 0 saturated heterocycles. The molecule has 1 atom stereocenters. The third kappa shape index (κ3) is 3.23. The summed E-state index contributed by atoms with van der Waals surface area (Å²) in [6.45, 7) is 6.62. The number of sulfonamides is 1. The van der Waals surface area contributed by atoms with Crippen molar-refractivity contribution in [2.75, 3.05) is 7.05 Å². The van der Waals surface area contributed by atoms with Gasteiger partial charge in [0.2, 0.25) is 10.0 Å². The summed E-state index contributed by atoms with van der Waals surface area (Å²) in [5.74, 6) is 0.156. The van der Waals surface area contributed by atoms with E-state index in [0.29, 0.717) is 6.54 Å². The van der Waals surface area contributed by atoms with Crippen LogP contribution in [0.15, 0.2) is 47.6 Å².